The highest BCUT2D eigenvalue weighted by atomic mass is 79.9. The van der Waals surface area contributed by atoms with Crippen molar-refractivity contribution >= 4 is 15.9 Å². The molecule has 0 radical (unpaired) electrons. The predicted molar refractivity (Wildman–Crippen MR) is 71.1 cm³/mol. The molecule has 1 aliphatic rings. The van der Waals surface area contributed by atoms with E-state index in [0.29, 0.717) is 12.5 Å². The molecule has 4 heteroatoms. The summed E-state index contributed by atoms with van der Waals surface area (Å²) in [5.41, 5.74) is 9.06. The fraction of sp³-hybridized carbons (Fsp3) is 0.308. The molecule has 1 aromatic carbocycles. The fourth-order valence-electron chi connectivity index (χ4n) is 1.96. The second kappa shape index (κ2) is 4.27. The van der Waals surface area contributed by atoms with Gasteiger partial charge < -0.3 is 5.73 Å². The number of benzene rings is 1. The fourth-order valence-corrected chi connectivity index (χ4v) is 2.49. The highest BCUT2D eigenvalue weighted by Gasteiger charge is 2.25. The van der Waals surface area contributed by atoms with Gasteiger partial charge in [0, 0.05) is 23.1 Å². The normalized spacial score (nSPS) is 15.2. The predicted octanol–water partition coefficient (Wildman–Crippen LogP) is 2.97. The van der Waals surface area contributed by atoms with E-state index in [1.165, 1.54) is 18.5 Å². The molecule has 0 atom stereocenters. The quantitative estimate of drug-likeness (QED) is 0.945. The van der Waals surface area contributed by atoms with E-state index < -0.39 is 0 Å². The van der Waals surface area contributed by atoms with Crippen LogP contribution in [0.5, 0.6) is 0 Å². The lowest BCUT2D eigenvalue weighted by atomic mass is 10.2. The van der Waals surface area contributed by atoms with E-state index in [1.807, 2.05) is 16.9 Å². The summed E-state index contributed by atoms with van der Waals surface area (Å²) in [5.74, 6) is 0.692. The van der Waals surface area contributed by atoms with Crippen molar-refractivity contribution in [1.29, 1.82) is 0 Å². The monoisotopic (exact) mass is 291 g/mol. The van der Waals surface area contributed by atoms with Crippen LogP contribution in [0.2, 0.25) is 0 Å². The molecule has 2 aromatic rings. The molecule has 1 fully saturated rings. The zero-order chi connectivity index (χ0) is 11.8. The van der Waals surface area contributed by atoms with Crippen LogP contribution in [0.15, 0.2) is 34.9 Å². The Morgan fingerprint density at radius 3 is 2.88 bits per heavy atom. The molecule has 0 amide bonds. The van der Waals surface area contributed by atoms with E-state index in [1.54, 1.807) is 0 Å². The molecule has 0 aliphatic heterocycles. The van der Waals surface area contributed by atoms with Crippen LogP contribution in [0.1, 0.15) is 30.0 Å². The van der Waals surface area contributed by atoms with E-state index in [4.69, 9.17) is 5.73 Å². The molecule has 3 nitrogen and oxygen atoms in total. The van der Waals surface area contributed by atoms with E-state index in [2.05, 4.69) is 39.2 Å². The Hall–Kier alpha value is -1.13. The number of rotatable bonds is 3. The molecule has 0 spiro atoms. The van der Waals surface area contributed by atoms with Crippen molar-refractivity contribution in [3.8, 4) is 5.69 Å². The minimum Gasteiger partial charge on any atom is -0.326 e. The van der Waals surface area contributed by atoms with Gasteiger partial charge in [-0.2, -0.15) is 5.10 Å². The summed E-state index contributed by atoms with van der Waals surface area (Å²) in [4.78, 5) is 0. The molecule has 0 bridgehead atoms. The van der Waals surface area contributed by atoms with E-state index >= 15 is 0 Å². The van der Waals surface area contributed by atoms with Crippen molar-refractivity contribution < 1.29 is 0 Å². The summed E-state index contributed by atoms with van der Waals surface area (Å²) >= 11 is 3.50. The van der Waals surface area contributed by atoms with Crippen LogP contribution in [0.3, 0.4) is 0 Å². The molecule has 1 heterocycles. The second-order valence-electron chi connectivity index (χ2n) is 4.48. The van der Waals surface area contributed by atoms with Crippen molar-refractivity contribution in [3.05, 3.63) is 46.2 Å². The van der Waals surface area contributed by atoms with Gasteiger partial charge in [-0.15, -0.1) is 0 Å². The van der Waals surface area contributed by atoms with Crippen LogP contribution in [0.25, 0.3) is 5.69 Å². The van der Waals surface area contributed by atoms with E-state index in [-0.39, 0.29) is 0 Å². The van der Waals surface area contributed by atoms with Gasteiger partial charge in [-0.05, 0) is 42.7 Å². The third-order valence-corrected chi connectivity index (χ3v) is 3.51. The topological polar surface area (TPSA) is 43.8 Å². The standard InChI is InChI=1S/C13H14BrN3/c14-11-5-9(8-15)6-12(7-11)17-4-3-13(16-17)10-1-2-10/h3-7,10H,1-2,8,15H2. The van der Waals surface area contributed by atoms with Crippen LogP contribution in [0, 0.1) is 0 Å². The molecule has 17 heavy (non-hydrogen) atoms. The SMILES string of the molecule is NCc1cc(Br)cc(-n2ccc(C3CC3)n2)c1. The molecule has 0 unspecified atom stereocenters. The maximum atomic E-state index is 5.68. The van der Waals surface area contributed by atoms with Gasteiger partial charge in [-0.25, -0.2) is 4.68 Å². The van der Waals surface area contributed by atoms with Crippen LogP contribution in [0.4, 0.5) is 0 Å². The molecule has 0 saturated heterocycles. The molecule has 1 saturated carbocycles. The van der Waals surface area contributed by atoms with Crippen molar-refractivity contribution in [2.24, 2.45) is 5.73 Å². The summed E-state index contributed by atoms with van der Waals surface area (Å²) < 4.78 is 2.97. The Morgan fingerprint density at radius 1 is 1.35 bits per heavy atom. The minimum atomic E-state index is 0.545. The summed E-state index contributed by atoms with van der Waals surface area (Å²) in [6, 6.07) is 8.28. The number of aromatic nitrogens is 2. The third-order valence-electron chi connectivity index (χ3n) is 3.05. The first-order chi connectivity index (χ1) is 8.26. The van der Waals surface area contributed by atoms with Gasteiger partial charge in [0.2, 0.25) is 0 Å². The summed E-state index contributed by atoms with van der Waals surface area (Å²) in [6.45, 7) is 0.545. The molecule has 1 aliphatic carbocycles. The summed E-state index contributed by atoms with van der Waals surface area (Å²) in [7, 11) is 0. The van der Waals surface area contributed by atoms with Crippen LogP contribution in [-0.4, -0.2) is 9.78 Å². The zero-order valence-electron chi connectivity index (χ0n) is 9.44. The number of nitrogens with two attached hydrogens (primary N) is 1. The molecule has 2 N–H and O–H groups in total. The number of hydrogen-bond acceptors (Lipinski definition) is 2. The average Bonchev–Trinajstić information content (AvgIpc) is 3.06. The Balaban J connectivity index is 1.98. The first-order valence-electron chi connectivity index (χ1n) is 5.82. The van der Waals surface area contributed by atoms with Crippen molar-refractivity contribution in [2.75, 3.05) is 0 Å². The van der Waals surface area contributed by atoms with Crippen molar-refractivity contribution in [1.82, 2.24) is 9.78 Å². The molecule has 3 rings (SSSR count). The van der Waals surface area contributed by atoms with Gasteiger partial charge >= 0.3 is 0 Å². The van der Waals surface area contributed by atoms with Crippen molar-refractivity contribution in [3.63, 3.8) is 0 Å². The number of hydrogen-bond donors (Lipinski definition) is 1. The first-order valence-corrected chi connectivity index (χ1v) is 6.61. The van der Waals surface area contributed by atoms with Gasteiger partial charge in [0.05, 0.1) is 11.4 Å². The summed E-state index contributed by atoms with van der Waals surface area (Å²) in [6.07, 6.45) is 4.59. The minimum absolute atomic E-state index is 0.545. The lowest BCUT2D eigenvalue weighted by Crippen LogP contribution is -2.01. The maximum absolute atomic E-state index is 5.68. The van der Waals surface area contributed by atoms with Gasteiger partial charge in [0.15, 0.2) is 0 Å². The Morgan fingerprint density at radius 2 is 2.18 bits per heavy atom. The van der Waals surface area contributed by atoms with Crippen LogP contribution >= 0.6 is 15.9 Å². The Labute approximate surface area is 109 Å². The average molecular weight is 292 g/mol. The first kappa shape index (κ1) is 11.0. The second-order valence-corrected chi connectivity index (χ2v) is 5.40. The zero-order valence-corrected chi connectivity index (χ0v) is 11.0. The Kier molecular flexibility index (Phi) is 2.76. The Bertz CT molecular complexity index is 543. The lowest BCUT2D eigenvalue weighted by Gasteiger charge is -2.05. The smallest absolute Gasteiger partial charge is 0.0660 e. The lowest BCUT2D eigenvalue weighted by molar-refractivity contribution is 0.834. The maximum Gasteiger partial charge on any atom is 0.0660 e. The van der Waals surface area contributed by atoms with Gasteiger partial charge in [0.25, 0.3) is 0 Å². The molecular weight excluding hydrogens is 278 g/mol. The van der Waals surface area contributed by atoms with Gasteiger partial charge in [-0.3, -0.25) is 0 Å². The van der Waals surface area contributed by atoms with Gasteiger partial charge in [0.1, 0.15) is 0 Å². The van der Waals surface area contributed by atoms with Crippen LogP contribution in [-0.2, 0) is 6.54 Å². The molecule has 1 aromatic heterocycles. The third kappa shape index (κ3) is 2.28. The van der Waals surface area contributed by atoms with Gasteiger partial charge in [-0.1, -0.05) is 15.9 Å². The number of nitrogens with zero attached hydrogens (tertiary/aromatic N) is 2. The largest absolute Gasteiger partial charge is 0.326 e. The molecule has 88 valence electrons. The van der Waals surface area contributed by atoms with E-state index in [9.17, 15) is 0 Å². The van der Waals surface area contributed by atoms with E-state index in [0.717, 1.165) is 15.7 Å². The van der Waals surface area contributed by atoms with Crippen molar-refractivity contribution in [2.45, 2.75) is 25.3 Å². The number of halogens is 1. The van der Waals surface area contributed by atoms with Crippen LogP contribution < -0.4 is 5.73 Å². The summed E-state index contributed by atoms with van der Waals surface area (Å²) in [5, 5.41) is 4.61. The molecular formula is C13H14BrN3. The highest BCUT2D eigenvalue weighted by molar-refractivity contribution is 9.10. The highest BCUT2D eigenvalue weighted by Crippen LogP contribution is 2.39.